The zero-order valence-corrected chi connectivity index (χ0v) is 9.55. The Labute approximate surface area is 104 Å². The predicted octanol–water partition coefficient (Wildman–Crippen LogP) is 2.22. The molecule has 5 nitrogen and oxygen atoms in total. The van der Waals surface area contributed by atoms with E-state index >= 15 is 0 Å². The number of nitrogens with zero attached hydrogens (tertiary/aromatic N) is 2. The topological polar surface area (TPSA) is 68.9 Å². The summed E-state index contributed by atoms with van der Waals surface area (Å²) in [7, 11) is 0. The maximum Gasteiger partial charge on any atom is 0.573 e. The van der Waals surface area contributed by atoms with Crippen LogP contribution in [0.2, 0.25) is 0 Å². The monoisotopic (exact) mass is 276 g/mol. The Balaban J connectivity index is 2.52. The molecule has 0 spiro atoms. The maximum absolute atomic E-state index is 12.2. The molecule has 1 aromatic heterocycles. The van der Waals surface area contributed by atoms with Gasteiger partial charge in [-0.2, -0.15) is 5.10 Å². The van der Waals surface area contributed by atoms with Gasteiger partial charge in [-0.3, -0.25) is 0 Å². The molecule has 0 unspecified atom stereocenters. The highest BCUT2D eigenvalue weighted by atomic mass is 32.1. The molecule has 0 aliphatic rings. The molecule has 2 aromatic rings. The van der Waals surface area contributed by atoms with Gasteiger partial charge in [0.25, 0.3) is 0 Å². The number of nitrogens with two attached hydrogens (primary N) is 1. The quantitative estimate of drug-likeness (QED) is 0.652. The van der Waals surface area contributed by atoms with Gasteiger partial charge in [-0.25, -0.2) is 9.77 Å². The Morgan fingerprint density at radius 1 is 1.33 bits per heavy atom. The molecular weight excluding hydrogens is 269 g/mol. The van der Waals surface area contributed by atoms with Gasteiger partial charge in [0.1, 0.15) is 5.75 Å². The maximum atomic E-state index is 12.2. The summed E-state index contributed by atoms with van der Waals surface area (Å²) in [5.41, 5.74) is 0.0877. The van der Waals surface area contributed by atoms with Gasteiger partial charge in [-0.15, -0.1) is 13.2 Å². The molecule has 1 heterocycles. The first-order valence-corrected chi connectivity index (χ1v) is 5.07. The number of aromatic nitrogens is 3. The van der Waals surface area contributed by atoms with Crippen molar-refractivity contribution in [1.29, 1.82) is 0 Å². The first-order valence-electron chi connectivity index (χ1n) is 4.66. The van der Waals surface area contributed by atoms with Gasteiger partial charge in [-0.05, 0) is 24.4 Å². The Bertz CT molecular complexity index is 619. The molecule has 18 heavy (non-hydrogen) atoms. The second-order valence-electron chi connectivity index (χ2n) is 3.27. The summed E-state index contributed by atoms with van der Waals surface area (Å²) in [6.45, 7) is 0. The van der Waals surface area contributed by atoms with Crippen molar-refractivity contribution in [1.82, 2.24) is 14.9 Å². The molecule has 9 heteroatoms. The van der Waals surface area contributed by atoms with E-state index < -0.39 is 12.1 Å². The molecule has 0 aliphatic carbocycles. The Morgan fingerprint density at radius 3 is 2.56 bits per heavy atom. The van der Waals surface area contributed by atoms with E-state index in [4.69, 9.17) is 18.1 Å². The molecule has 0 fully saturated rings. The molecule has 3 N–H and O–H groups in total. The Hall–Kier alpha value is -2.03. The molecule has 2 rings (SSSR count). The van der Waals surface area contributed by atoms with E-state index in [1.807, 2.05) is 0 Å². The molecule has 0 bridgehead atoms. The van der Waals surface area contributed by atoms with Crippen molar-refractivity contribution in [3.05, 3.63) is 29.0 Å². The number of rotatable bonds is 2. The van der Waals surface area contributed by atoms with Crippen LogP contribution in [-0.2, 0) is 0 Å². The molecule has 0 aliphatic heterocycles. The van der Waals surface area contributed by atoms with Gasteiger partial charge in [0.15, 0.2) is 5.82 Å². The lowest BCUT2D eigenvalue weighted by Gasteiger charge is -2.12. The fourth-order valence-electron chi connectivity index (χ4n) is 1.36. The average Bonchev–Trinajstić information content (AvgIpc) is 2.59. The highest BCUT2D eigenvalue weighted by Crippen LogP contribution is 2.31. The first-order chi connectivity index (χ1) is 8.38. The van der Waals surface area contributed by atoms with Crippen LogP contribution >= 0.6 is 12.2 Å². The number of aromatic amines is 1. The van der Waals surface area contributed by atoms with Crippen molar-refractivity contribution in [2.45, 2.75) is 6.36 Å². The first kappa shape index (κ1) is 12.4. The van der Waals surface area contributed by atoms with Crippen molar-refractivity contribution in [2.75, 3.05) is 5.84 Å². The minimum Gasteiger partial charge on any atom is -0.405 e. The molecule has 0 amide bonds. The number of halogens is 3. The number of para-hydroxylation sites is 1. The SMILES string of the molecule is Nn1c(-c2ccccc2OC(F)(F)F)n[nH]c1=S. The zero-order chi connectivity index (χ0) is 13.3. The predicted molar refractivity (Wildman–Crippen MR) is 59.7 cm³/mol. The lowest BCUT2D eigenvalue weighted by molar-refractivity contribution is -0.274. The summed E-state index contributed by atoms with van der Waals surface area (Å²) in [5, 5.41) is 6.13. The van der Waals surface area contributed by atoms with Gasteiger partial charge in [0, 0.05) is 0 Å². The standard InChI is InChI=1S/C9H7F3N4OS/c10-9(11,12)17-6-4-2-1-3-5(6)7-14-15-8(18)16(7)13/h1-4H,13H2,(H,15,18). The van der Waals surface area contributed by atoms with Gasteiger partial charge in [0.05, 0.1) is 5.56 Å². The number of nitrogens with one attached hydrogen (secondary N) is 1. The van der Waals surface area contributed by atoms with E-state index in [2.05, 4.69) is 14.9 Å². The van der Waals surface area contributed by atoms with E-state index in [9.17, 15) is 13.2 Å². The number of benzene rings is 1. The summed E-state index contributed by atoms with van der Waals surface area (Å²) in [4.78, 5) is 0. The number of nitrogen functional groups attached to an aromatic ring is 1. The van der Waals surface area contributed by atoms with Crippen LogP contribution in [0.15, 0.2) is 24.3 Å². The van der Waals surface area contributed by atoms with Crippen LogP contribution in [0.25, 0.3) is 11.4 Å². The van der Waals surface area contributed by atoms with Crippen LogP contribution in [0.3, 0.4) is 0 Å². The molecular formula is C9H7F3N4OS. The van der Waals surface area contributed by atoms with Crippen LogP contribution in [0.1, 0.15) is 0 Å². The molecule has 1 aromatic carbocycles. The minimum atomic E-state index is -4.79. The second-order valence-corrected chi connectivity index (χ2v) is 3.65. The third kappa shape index (κ3) is 2.45. The van der Waals surface area contributed by atoms with E-state index in [-0.39, 0.29) is 16.2 Å². The van der Waals surface area contributed by atoms with Crippen LogP contribution in [0.4, 0.5) is 13.2 Å². The normalized spacial score (nSPS) is 11.5. The van der Waals surface area contributed by atoms with Gasteiger partial charge in [-0.1, -0.05) is 12.1 Å². The van der Waals surface area contributed by atoms with E-state index in [1.165, 1.54) is 24.3 Å². The zero-order valence-electron chi connectivity index (χ0n) is 8.73. The summed E-state index contributed by atoms with van der Waals surface area (Å²) in [5.74, 6) is 5.21. The van der Waals surface area contributed by atoms with Crippen molar-refractivity contribution < 1.29 is 17.9 Å². The number of hydrogen-bond donors (Lipinski definition) is 2. The second kappa shape index (κ2) is 4.33. The number of hydrogen-bond acceptors (Lipinski definition) is 4. The Morgan fingerprint density at radius 2 is 2.00 bits per heavy atom. The van der Waals surface area contributed by atoms with Crippen LogP contribution < -0.4 is 10.6 Å². The Kier molecular flexibility index (Phi) is 2.99. The van der Waals surface area contributed by atoms with E-state index in [1.54, 1.807) is 0 Å². The summed E-state index contributed by atoms with van der Waals surface area (Å²) in [6, 6.07) is 5.51. The molecule has 0 saturated heterocycles. The third-order valence-electron chi connectivity index (χ3n) is 2.06. The summed E-state index contributed by atoms with van der Waals surface area (Å²) >= 11 is 4.78. The fourth-order valence-corrected chi connectivity index (χ4v) is 1.49. The summed E-state index contributed by atoms with van der Waals surface area (Å²) < 4.78 is 41.7. The highest BCUT2D eigenvalue weighted by Gasteiger charge is 2.32. The highest BCUT2D eigenvalue weighted by molar-refractivity contribution is 7.71. The molecule has 0 radical (unpaired) electrons. The van der Waals surface area contributed by atoms with Crippen molar-refractivity contribution in [2.24, 2.45) is 0 Å². The van der Waals surface area contributed by atoms with Gasteiger partial charge < -0.3 is 10.6 Å². The molecule has 0 atom stereocenters. The van der Waals surface area contributed by atoms with Crippen LogP contribution in [0, 0.1) is 4.77 Å². The minimum absolute atomic E-state index is 0.0554. The lowest BCUT2D eigenvalue weighted by atomic mass is 10.2. The van der Waals surface area contributed by atoms with Crippen molar-refractivity contribution >= 4 is 12.2 Å². The molecule has 0 saturated carbocycles. The van der Waals surface area contributed by atoms with Crippen LogP contribution in [0.5, 0.6) is 5.75 Å². The average molecular weight is 276 g/mol. The van der Waals surface area contributed by atoms with Crippen molar-refractivity contribution in [3.63, 3.8) is 0 Å². The number of alkyl halides is 3. The number of ether oxygens (including phenoxy) is 1. The lowest BCUT2D eigenvalue weighted by Crippen LogP contribution is -2.18. The van der Waals surface area contributed by atoms with E-state index in [0.29, 0.717) is 0 Å². The molecule has 96 valence electrons. The van der Waals surface area contributed by atoms with Gasteiger partial charge >= 0.3 is 6.36 Å². The van der Waals surface area contributed by atoms with Crippen LogP contribution in [-0.4, -0.2) is 21.2 Å². The van der Waals surface area contributed by atoms with Crippen molar-refractivity contribution in [3.8, 4) is 17.1 Å². The third-order valence-corrected chi connectivity index (χ3v) is 2.35. The fraction of sp³-hybridized carbons (Fsp3) is 0.111. The van der Waals surface area contributed by atoms with Gasteiger partial charge in [0.2, 0.25) is 4.77 Å². The number of H-pyrrole nitrogens is 1. The largest absolute Gasteiger partial charge is 0.573 e. The van der Waals surface area contributed by atoms with E-state index in [0.717, 1.165) is 4.68 Å². The smallest absolute Gasteiger partial charge is 0.405 e. The summed E-state index contributed by atoms with van der Waals surface area (Å²) in [6.07, 6.45) is -4.79.